The lowest BCUT2D eigenvalue weighted by atomic mass is 10.2. The van der Waals surface area contributed by atoms with Crippen LogP contribution in [0.4, 0.5) is 10.5 Å². The van der Waals surface area contributed by atoms with E-state index in [2.05, 4.69) is 16.0 Å². The largest absolute Gasteiger partial charge is 0.486 e. The molecule has 2 aliphatic rings. The minimum Gasteiger partial charge on any atom is -0.486 e. The number of hydrogen-bond acceptors (Lipinski definition) is 5. The summed E-state index contributed by atoms with van der Waals surface area (Å²) in [4.78, 5) is 37.2. The lowest BCUT2D eigenvalue weighted by Crippen LogP contribution is -3.14. The van der Waals surface area contributed by atoms with Gasteiger partial charge < -0.3 is 25.0 Å². The van der Waals surface area contributed by atoms with E-state index in [4.69, 9.17) is 9.47 Å². The van der Waals surface area contributed by atoms with Gasteiger partial charge in [0.2, 0.25) is 0 Å². The maximum absolute atomic E-state index is 12.4. The SMILES string of the molecule is CC[NH+](CC(=O)NC(=O)NC1CCCC1)CC(=O)Nc1ccc2c(c1)OCCO2. The van der Waals surface area contributed by atoms with Crippen LogP contribution in [-0.2, 0) is 9.59 Å². The number of likely N-dealkylation sites (N-methyl/N-ethyl adjacent to an activating group) is 1. The van der Waals surface area contributed by atoms with Crippen LogP contribution in [0.1, 0.15) is 32.6 Å². The summed E-state index contributed by atoms with van der Waals surface area (Å²) < 4.78 is 11.0. The number of ether oxygens (including phenoxy) is 2. The van der Waals surface area contributed by atoms with Crippen molar-refractivity contribution in [1.29, 1.82) is 0 Å². The summed E-state index contributed by atoms with van der Waals surface area (Å²) in [5.41, 5.74) is 0.607. The zero-order chi connectivity index (χ0) is 20.6. The lowest BCUT2D eigenvalue weighted by molar-refractivity contribution is -0.881. The first-order valence-corrected chi connectivity index (χ1v) is 10.2. The first-order chi connectivity index (χ1) is 14.0. The Balaban J connectivity index is 1.44. The predicted octanol–water partition coefficient (Wildman–Crippen LogP) is 0.0695. The Morgan fingerprint density at radius 3 is 2.45 bits per heavy atom. The number of rotatable bonds is 7. The van der Waals surface area contributed by atoms with Crippen molar-refractivity contribution in [2.24, 2.45) is 0 Å². The number of carbonyl (C=O) groups excluding carboxylic acids is 3. The molecule has 1 unspecified atom stereocenters. The normalized spacial score (nSPS) is 16.7. The van der Waals surface area contributed by atoms with Crippen molar-refractivity contribution in [1.82, 2.24) is 10.6 Å². The monoisotopic (exact) mass is 405 g/mol. The average molecular weight is 405 g/mol. The third-order valence-corrected chi connectivity index (χ3v) is 5.09. The Morgan fingerprint density at radius 2 is 1.72 bits per heavy atom. The minimum absolute atomic E-state index is 0.0448. The van der Waals surface area contributed by atoms with Gasteiger partial charge >= 0.3 is 6.03 Å². The highest BCUT2D eigenvalue weighted by atomic mass is 16.6. The number of amides is 4. The fourth-order valence-electron chi connectivity index (χ4n) is 3.56. The van der Waals surface area contributed by atoms with Crippen LogP contribution >= 0.6 is 0 Å². The van der Waals surface area contributed by atoms with Crippen LogP contribution in [0.5, 0.6) is 11.5 Å². The van der Waals surface area contributed by atoms with E-state index < -0.39 is 11.9 Å². The predicted molar refractivity (Wildman–Crippen MR) is 106 cm³/mol. The van der Waals surface area contributed by atoms with E-state index in [1.807, 2.05) is 6.92 Å². The number of carbonyl (C=O) groups is 3. The molecule has 3 rings (SSSR count). The molecular formula is C20H29N4O5+. The quantitative estimate of drug-likeness (QED) is 0.513. The molecule has 1 aromatic carbocycles. The van der Waals surface area contributed by atoms with Crippen molar-refractivity contribution in [2.75, 3.05) is 38.2 Å². The summed E-state index contributed by atoms with van der Waals surface area (Å²) >= 11 is 0. The first kappa shape index (κ1) is 20.9. The van der Waals surface area contributed by atoms with Gasteiger partial charge in [-0.1, -0.05) is 12.8 Å². The van der Waals surface area contributed by atoms with Crippen LogP contribution in [0.25, 0.3) is 0 Å². The number of urea groups is 1. The molecule has 1 fully saturated rings. The zero-order valence-corrected chi connectivity index (χ0v) is 16.7. The van der Waals surface area contributed by atoms with Crippen molar-refractivity contribution in [2.45, 2.75) is 38.6 Å². The maximum atomic E-state index is 12.4. The second-order valence-corrected chi connectivity index (χ2v) is 7.37. The molecule has 1 aromatic rings. The Kier molecular flexibility index (Phi) is 7.29. The van der Waals surface area contributed by atoms with E-state index in [-0.39, 0.29) is 25.0 Å². The maximum Gasteiger partial charge on any atom is 0.321 e. The van der Waals surface area contributed by atoms with E-state index in [1.165, 1.54) is 0 Å². The molecule has 1 aliphatic carbocycles. The highest BCUT2D eigenvalue weighted by molar-refractivity contribution is 5.95. The molecule has 0 radical (unpaired) electrons. The van der Waals surface area contributed by atoms with Gasteiger partial charge in [-0.25, -0.2) is 4.79 Å². The van der Waals surface area contributed by atoms with Gasteiger partial charge in [0.05, 0.1) is 6.54 Å². The molecule has 4 N–H and O–H groups in total. The highest BCUT2D eigenvalue weighted by Gasteiger charge is 2.21. The molecule has 4 amide bonds. The molecule has 0 bridgehead atoms. The fraction of sp³-hybridized carbons (Fsp3) is 0.550. The molecule has 1 atom stereocenters. The highest BCUT2D eigenvalue weighted by Crippen LogP contribution is 2.32. The summed E-state index contributed by atoms with van der Waals surface area (Å²) in [5.74, 6) is 0.634. The van der Waals surface area contributed by atoms with Crippen molar-refractivity contribution in [3.8, 4) is 11.5 Å². The molecule has 0 aromatic heterocycles. The van der Waals surface area contributed by atoms with E-state index in [9.17, 15) is 14.4 Å². The lowest BCUT2D eigenvalue weighted by Gasteiger charge is -2.20. The number of nitrogens with one attached hydrogen (secondary N) is 4. The third-order valence-electron chi connectivity index (χ3n) is 5.09. The standard InChI is InChI=1S/C20H28N4O5/c1-2-24(13-19(26)23-20(27)22-14-5-3-4-6-14)12-18(25)21-15-7-8-16-17(11-15)29-10-9-28-16/h7-8,11,14H,2-6,9-10,12-13H2,1H3,(H,21,25)(H2,22,23,26,27)/p+1. The molecule has 0 saturated heterocycles. The summed E-state index contributed by atoms with van der Waals surface area (Å²) in [5, 5.41) is 7.99. The van der Waals surface area contributed by atoms with Gasteiger partial charge in [0.25, 0.3) is 11.8 Å². The van der Waals surface area contributed by atoms with Crippen LogP contribution < -0.4 is 30.3 Å². The van der Waals surface area contributed by atoms with Gasteiger partial charge in [0, 0.05) is 17.8 Å². The van der Waals surface area contributed by atoms with Crippen LogP contribution in [0.3, 0.4) is 0 Å². The number of imide groups is 1. The topological polar surface area (TPSA) is 110 Å². The van der Waals surface area contributed by atoms with Gasteiger partial charge in [-0.2, -0.15) is 0 Å². The van der Waals surface area contributed by atoms with Crippen LogP contribution in [0, 0.1) is 0 Å². The molecular weight excluding hydrogens is 376 g/mol. The molecule has 9 heteroatoms. The smallest absolute Gasteiger partial charge is 0.321 e. The summed E-state index contributed by atoms with van der Waals surface area (Å²) in [6.07, 6.45) is 4.11. The van der Waals surface area contributed by atoms with Gasteiger partial charge in [0.15, 0.2) is 24.6 Å². The average Bonchev–Trinajstić information content (AvgIpc) is 3.20. The Morgan fingerprint density at radius 1 is 1.03 bits per heavy atom. The number of benzene rings is 1. The second-order valence-electron chi connectivity index (χ2n) is 7.37. The Hall–Kier alpha value is -2.81. The van der Waals surface area contributed by atoms with Crippen molar-refractivity contribution in [3.63, 3.8) is 0 Å². The first-order valence-electron chi connectivity index (χ1n) is 10.2. The molecule has 9 nitrogen and oxygen atoms in total. The summed E-state index contributed by atoms with van der Waals surface area (Å²) in [7, 11) is 0. The number of hydrogen-bond donors (Lipinski definition) is 4. The summed E-state index contributed by atoms with van der Waals surface area (Å²) in [6, 6.07) is 4.91. The van der Waals surface area contributed by atoms with Crippen LogP contribution in [0.2, 0.25) is 0 Å². The van der Waals surface area contributed by atoms with Gasteiger partial charge in [-0.3, -0.25) is 14.9 Å². The van der Waals surface area contributed by atoms with Gasteiger partial charge in [-0.15, -0.1) is 0 Å². The fourth-order valence-corrected chi connectivity index (χ4v) is 3.56. The van der Waals surface area contributed by atoms with Crippen molar-refractivity contribution in [3.05, 3.63) is 18.2 Å². The number of anilines is 1. The molecule has 1 aliphatic heterocycles. The van der Waals surface area contributed by atoms with Crippen molar-refractivity contribution < 1.29 is 28.8 Å². The molecule has 158 valence electrons. The van der Waals surface area contributed by atoms with E-state index in [0.717, 1.165) is 30.6 Å². The minimum atomic E-state index is -0.460. The van der Waals surface area contributed by atoms with Gasteiger partial charge in [-0.05, 0) is 31.9 Å². The van der Waals surface area contributed by atoms with E-state index in [1.54, 1.807) is 18.2 Å². The number of quaternary nitrogens is 1. The van der Waals surface area contributed by atoms with Crippen molar-refractivity contribution >= 4 is 23.5 Å². The molecule has 0 spiro atoms. The molecule has 1 heterocycles. The van der Waals surface area contributed by atoms with E-state index in [0.29, 0.717) is 36.9 Å². The third kappa shape index (κ3) is 6.35. The summed E-state index contributed by atoms with van der Waals surface area (Å²) in [6.45, 7) is 3.60. The molecule has 29 heavy (non-hydrogen) atoms. The van der Waals surface area contributed by atoms with Crippen LogP contribution in [-0.4, -0.2) is 56.7 Å². The van der Waals surface area contributed by atoms with E-state index >= 15 is 0 Å². The number of fused-ring (bicyclic) bond motifs is 1. The second kappa shape index (κ2) is 10.1. The van der Waals surface area contributed by atoms with Crippen LogP contribution in [0.15, 0.2) is 18.2 Å². The Labute approximate surface area is 170 Å². The zero-order valence-electron chi connectivity index (χ0n) is 16.7. The Bertz CT molecular complexity index is 748. The van der Waals surface area contributed by atoms with Gasteiger partial charge in [0.1, 0.15) is 13.2 Å². The molecule has 1 saturated carbocycles.